The normalized spacial score (nSPS) is 47.4. The van der Waals surface area contributed by atoms with E-state index in [1.54, 1.807) is 21.3 Å². The monoisotopic (exact) mass is 582 g/mol. The molecule has 1 saturated heterocycles. The summed E-state index contributed by atoms with van der Waals surface area (Å²) in [6.07, 6.45) is 8.30. The molecule has 0 radical (unpaired) electrons. The van der Waals surface area contributed by atoms with Gasteiger partial charge in [0.25, 0.3) is 0 Å². The minimum Gasteiger partial charge on any atom is -0.389 e. The van der Waals surface area contributed by atoms with Crippen LogP contribution < -0.4 is 0 Å². The van der Waals surface area contributed by atoms with Crippen molar-refractivity contribution in [1.29, 1.82) is 0 Å². The van der Waals surface area contributed by atoms with E-state index in [1.807, 2.05) is 13.8 Å². The number of ether oxygens (including phenoxy) is 8. The van der Waals surface area contributed by atoms with Crippen molar-refractivity contribution in [2.75, 3.05) is 48.3 Å². The highest BCUT2D eigenvalue weighted by molar-refractivity contribution is 5.26. The topological polar surface area (TPSA) is 114 Å². The number of methoxy groups -OCH3 is 3. The lowest BCUT2D eigenvalue weighted by molar-refractivity contribution is -0.415. The average molecular weight is 583 g/mol. The number of fused-ring (bicyclic) bond motifs is 3. The Kier molecular flexibility index (Phi) is 8.92. The Labute approximate surface area is 244 Å². The van der Waals surface area contributed by atoms with E-state index in [-0.39, 0.29) is 56.4 Å². The van der Waals surface area contributed by atoms with Crippen LogP contribution in [0.3, 0.4) is 0 Å². The maximum Gasteiger partial charge on any atom is 0.163 e. The Balaban J connectivity index is 1.65. The lowest BCUT2D eigenvalue weighted by Gasteiger charge is -2.72. The van der Waals surface area contributed by atoms with Crippen molar-refractivity contribution in [3.05, 3.63) is 0 Å². The molecule has 11 atom stereocenters. The summed E-state index contributed by atoms with van der Waals surface area (Å²) < 4.78 is 49.0. The summed E-state index contributed by atoms with van der Waals surface area (Å²) in [6, 6.07) is 0. The van der Waals surface area contributed by atoms with Crippen LogP contribution in [0.1, 0.15) is 65.7 Å². The third-order valence-corrected chi connectivity index (χ3v) is 11.5. The second kappa shape index (κ2) is 11.6. The zero-order valence-electron chi connectivity index (χ0n) is 25.6. The van der Waals surface area contributed by atoms with E-state index >= 15 is 0 Å². The summed E-state index contributed by atoms with van der Waals surface area (Å²) in [6.45, 7) is 6.71. The molecule has 10 heteroatoms. The van der Waals surface area contributed by atoms with Crippen LogP contribution in [0.25, 0.3) is 0 Å². The van der Waals surface area contributed by atoms with Gasteiger partial charge in [0.15, 0.2) is 5.79 Å². The van der Waals surface area contributed by atoms with Crippen LogP contribution in [0, 0.1) is 40.9 Å². The van der Waals surface area contributed by atoms with Crippen molar-refractivity contribution in [2.24, 2.45) is 28.6 Å². The molecule has 5 aliphatic rings. The number of aliphatic hydroxyl groups excluding tert-OH is 1. The third-order valence-electron chi connectivity index (χ3n) is 11.5. The van der Waals surface area contributed by atoms with Crippen molar-refractivity contribution in [3.8, 4) is 12.3 Å². The number of hydrogen-bond acceptors (Lipinski definition) is 10. The second-order valence-corrected chi connectivity index (χ2v) is 13.6. The van der Waals surface area contributed by atoms with Gasteiger partial charge in [-0.25, -0.2) is 0 Å². The van der Waals surface area contributed by atoms with Gasteiger partial charge >= 0.3 is 0 Å². The van der Waals surface area contributed by atoms with E-state index in [4.69, 9.17) is 44.3 Å². The molecule has 1 aliphatic heterocycles. The van der Waals surface area contributed by atoms with Crippen LogP contribution in [0.15, 0.2) is 0 Å². The van der Waals surface area contributed by atoms with Crippen molar-refractivity contribution in [3.63, 3.8) is 0 Å². The Hall–Kier alpha value is -0.840. The summed E-state index contributed by atoms with van der Waals surface area (Å²) >= 11 is 0. The maximum absolute atomic E-state index is 12.8. The van der Waals surface area contributed by atoms with Gasteiger partial charge in [-0.3, -0.25) is 0 Å². The Bertz CT molecular complexity index is 969. The largest absolute Gasteiger partial charge is 0.389 e. The Morgan fingerprint density at radius 2 is 1.68 bits per heavy atom. The summed E-state index contributed by atoms with van der Waals surface area (Å²) in [5, 5.41) is 23.7. The summed E-state index contributed by atoms with van der Waals surface area (Å²) in [4.78, 5) is 0. The van der Waals surface area contributed by atoms with E-state index < -0.39 is 33.9 Å². The van der Waals surface area contributed by atoms with E-state index in [0.717, 1.165) is 0 Å². The highest BCUT2D eigenvalue weighted by Gasteiger charge is 2.78. The zero-order chi connectivity index (χ0) is 29.7. The lowest BCUT2D eigenvalue weighted by atomic mass is 9.40. The minimum absolute atomic E-state index is 0.101. The molecule has 4 saturated carbocycles. The standard InChI is InChI=1S/C31H50O10/c1-8-23(32)21-10-12-31(33)22-9-11-29(40-19-36-7)14-20(37-17-34-5)13-25-30(29,16-39-27(2,3)41-25)26(22)24(38-18-35-6)15-28(21,31)4/h1,20-26,32-33H,9-19H2,2-7H3/t20-,21+,22?,23?,24-,25+,26?,28+,29-,30+,31-/m0/s1. The summed E-state index contributed by atoms with van der Waals surface area (Å²) in [5.41, 5.74) is -3.10. The fraction of sp³-hybridized carbons (Fsp3) is 0.935. The van der Waals surface area contributed by atoms with Crippen LogP contribution in [0.2, 0.25) is 0 Å². The molecule has 0 aromatic rings. The molecule has 2 N–H and O–H groups in total. The van der Waals surface area contributed by atoms with Gasteiger partial charge in [-0.1, -0.05) is 12.8 Å². The third kappa shape index (κ3) is 4.80. The Morgan fingerprint density at radius 3 is 2.37 bits per heavy atom. The fourth-order valence-corrected chi connectivity index (χ4v) is 9.89. The van der Waals surface area contributed by atoms with Crippen LogP contribution in [0.5, 0.6) is 0 Å². The first kappa shape index (κ1) is 31.6. The van der Waals surface area contributed by atoms with Crippen LogP contribution in [0.4, 0.5) is 0 Å². The van der Waals surface area contributed by atoms with Crippen molar-refractivity contribution in [2.45, 2.75) is 107 Å². The molecule has 0 aromatic heterocycles. The van der Waals surface area contributed by atoms with Gasteiger partial charge in [0.05, 0.1) is 41.5 Å². The number of rotatable bonds is 10. The molecule has 41 heavy (non-hydrogen) atoms. The quantitative estimate of drug-likeness (QED) is 0.294. The molecule has 0 aromatic carbocycles. The van der Waals surface area contributed by atoms with Gasteiger partial charge in [0, 0.05) is 51.4 Å². The minimum atomic E-state index is -1.06. The summed E-state index contributed by atoms with van der Waals surface area (Å²) in [5.74, 6) is 1.14. The number of terminal acetylenes is 1. The van der Waals surface area contributed by atoms with Gasteiger partial charge in [0.1, 0.15) is 26.5 Å². The first-order valence-corrected chi connectivity index (χ1v) is 15.0. The van der Waals surface area contributed by atoms with Crippen LogP contribution in [-0.4, -0.2) is 99.9 Å². The average Bonchev–Trinajstić information content (AvgIpc) is 3.22. The molecule has 4 aliphatic carbocycles. The molecular formula is C31H50O10. The van der Waals surface area contributed by atoms with Crippen LogP contribution in [-0.2, 0) is 37.9 Å². The molecule has 1 heterocycles. The first-order valence-electron chi connectivity index (χ1n) is 15.0. The molecule has 1 spiro atoms. The van der Waals surface area contributed by atoms with Crippen molar-refractivity contribution < 1.29 is 48.1 Å². The highest BCUT2D eigenvalue weighted by Crippen LogP contribution is 2.72. The predicted octanol–water partition coefficient (Wildman–Crippen LogP) is 2.83. The van der Waals surface area contributed by atoms with Gasteiger partial charge in [-0.15, -0.1) is 6.42 Å². The molecule has 3 unspecified atom stereocenters. The number of aliphatic hydroxyl groups is 2. The summed E-state index contributed by atoms with van der Waals surface area (Å²) in [7, 11) is 4.85. The van der Waals surface area contributed by atoms with E-state index in [2.05, 4.69) is 12.8 Å². The van der Waals surface area contributed by atoms with Crippen molar-refractivity contribution >= 4 is 0 Å². The van der Waals surface area contributed by atoms with Gasteiger partial charge in [0.2, 0.25) is 0 Å². The van der Waals surface area contributed by atoms with Crippen LogP contribution >= 0.6 is 0 Å². The molecule has 5 fully saturated rings. The van der Waals surface area contributed by atoms with Crippen molar-refractivity contribution in [1.82, 2.24) is 0 Å². The first-order chi connectivity index (χ1) is 19.5. The highest BCUT2D eigenvalue weighted by atomic mass is 16.7. The van der Waals surface area contributed by atoms with E-state index in [9.17, 15) is 10.2 Å². The van der Waals surface area contributed by atoms with E-state index in [0.29, 0.717) is 51.6 Å². The van der Waals surface area contributed by atoms with Gasteiger partial charge in [-0.05, 0) is 51.9 Å². The fourth-order valence-electron chi connectivity index (χ4n) is 9.89. The molecule has 0 amide bonds. The van der Waals surface area contributed by atoms with E-state index in [1.165, 1.54) is 0 Å². The zero-order valence-corrected chi connectivity index (χ0v) is 25.6. The Morgan fingerprint density at radius 1 is 0.976 bits per heavy atom. The van der Waals surface area contributed by atoms with Gasteiger partial charge in [-0.2, -0.15) is 0 Å². The molecule has 5 rings (SSSR count). The molecular weight excluding hydrogens is 532 g/mol. The molecule has 0 bridgehead atoms. The van der Waals surface area contributed by atoms with Gasteiger partial charge < -0.3 is 48.1 Å². The predicted molar refractivity (Wildman–Crippen MR) is 147 cm³/mol. The molecule has 10 nitrogen and oxygen atoms in total. The lowest BCUT2D eigenvalue weighted by Crippen LogP contribution is -2.79. The smallest absolute Gasteiger partial charge is 0.163 e. The number of hydrogen-bond donors (Lipinski definition) is 2. The SMILES string of the molecule is C#CC(O)[C@H]1CC[C@]2(O)C3CC[C@]4(OCOC)C[C@@H](OCOC)C[C@H]5OC(C)(C)OC[C@]54C3[C@@H](OCOC)C[C@]12C. The maximum atomic E-state index is 12.8. The molecule has 234 valence electrons. The second-order valence-electron chi connectivity index (χ2n) is 13.6.